The van der Waals surface area contributed by atoms with Crippen LogP contribution in [-0.4, -0.2) is 29.1 Å². The van der Waals surface area contributed by atoms with Crippen LogP contribution < -0.4 is 9.47 Å². The maximum Gasteiger partial charge on any atom is 0.255 e. The average Bonchev–Trinajstić information content (AvgIpc) is 3.41. The van der Waals surface area contributed by atoms with Crippen LogP contribution in [0.4, 0.5) is 0 Å². The molecular formula is C26H20N2O3. The van der Waals surface area contributed by atoms with Crippen LogP contribution in [0.15, 0.2) is 72.8 Å². The quantitative estimate of drug-likeness (QED) is 0.485. The molecule has 2 aliphatic rings. The van der Waals surface area contributed by atoms with Crippen molar-refractivity contribution in [3.05, 3.63) is 89.6 Å². The first kappa shape index (κ1) is 18.0. The van der Waals surface area contributed by atoms with Crippen molar-refractivity contribution >= 4 is 16.8 Å². The molecule has 0 spiro atoms. The van der Waals surface area contributed by atoms with Crippen molar-refractivity contribution in [3.63, 3.8) is 0 Å². The van der Waals surface area contributed by atoms with Gasteiger partial charge in [0, 0.05) is 30.6 Å². The van der Waals surface area contributed by atoms with Crippen LogP contribution in [0.3, 0.4) is 0 Å². The summed E-state index contributed by atoms with van der Waals surface area (Å²) in [6.07, 6.45) is 0.726. The first-order valence-corrected chi connectivity index (χ1v) is 10.4. The summed E-state index contributed by atoms with van der Waals surface area (Å²) in [4.78, 5) is 20.0. The molecule has 0 atom stereocenters. The zero-order valence-corrected chi connectivity index (χ0v) is 16.9. The van der Waals surface area contributed by atoms with E-state index in [0.717, 1.165) is 56.8 Å². The number of amides is 1. The number of nitrogens with zero attached hydrogens (tertiary/aromatic N) is 2. The molecular weight excluding hydrogens is 388 g/mol. The van der Waals surface area contributed by atoms with Gasteiger partial charge in [0.05, 0.1) is 11.1 Å². The van der Waals surface area contributed by atoms with Crippen LogP contribution in [0.5, 0.6) is 11.5 Å². The fourth-order valence-electron chi connectivity index (χ4n) is 4.40. The minimum absolute atomic E-state index is 0.0732. The van der Waals surface area contributed by atoms with E-state index in [0.29, 0.717) is 13.1 Å². The molecule has 0 bridgehead atoms. The van der Waals surface area contributed by atoms with Crippen molar-refractivity contribution in [1.29, 1.82) is 0 Å². The molecule has 0 radical (unpaired) electrons. The van der Waals surface area contributed by atoms with Crippen LogP contribution in [0, 0.1) is 0 Å². The maximum absolute atomic E-state index is 13.3. The van der Waals surface area contributed by atoms with E-state index in [2.05, 4.69) is 12.1 Å². The van der Waals surface area contributed by atoms with Gasteiger partial charge in [-0.25, -0.2) is 0 Å². The van der Waals surface area contributed by atoms with E-state index < -0.39 is 0 Å². The Morgan fingerprint density at radius 1 is 0.903 bits per heavy atom. The molecule has 4 aromatic rings. The number of para-hydroxylation sites is 1. The van der Waals surface area contributed by atoms with Gasteiger partial charge >= 0.3 is 0 Å². The van der Waals surface area contributed by atoms with Crippen molar-refractivity contribution in [2.75, 3.05) is 13.3 Å². The third-order valence-electron chi connectivity index (χ3n) is 5.99. The fraction of sp³-hybridized carbons (Fsp3) is 0.154. The van der Waals surface area contributed by atoms with E-state index in [9.17, 15) is 4.79 Å². The minimum atomic E-state index is 0.0732. The van der Waals surface area contributed by atoms with E-state index in [4.69, 9.17) is 14.5 Å². The zero-order valence-electron chi connectivity index (χ0n) is 16.9. The Hall–Kier alpha value is -3.86. The van der Waals surface area contributed by atoms with Crippen molar-refractivity contribution in [2.45, 2.75) is 13.0 Å². The molecule has 1 amide bonds. The number of hydrogen-bond acceptors (Lipinski definition) is 4. The molecule has 0 fully saturated rings. The Morgan fingerprint density at radius 3 is 2.77 bits per heavy atom. The Balaban J connectivity index is 1.25. The highest BCUT2D eigenvalue weighted by atomic mass is 16.7. The average molecular weight is 408 g/mol. The highest BCUT2D eigenvalue weighted by Crippen LogP contribution is 2.39. The molecule has 0 N–H and O–H groups in total. The van der Waals surface area contributed by atoms with Gasteiger partial charge in [0.15, 0.2) is 11.5 Å². The number of carbonyl (C=O) groups excluding carboxylic acids is 1. The van der Waals surface area contributed by atoms with E-state index >= 15 is 0 Å². The highest BCUT2D eigenvalue weighted by Gasteiger charge is 2.30. The Kier molecular flexibility index (Phi) is 4.13. The molecule has 6 rings (SSSR count). The van der Waals surface area contributed by atoms with Gasteiger partial charge in [-0.2, -0.15) is 0 Å². The third kappa shape index (κ3) is 3.10. The molecule has 1 aromatic heterocycles. The van der Waals surface area contributed by atoms with Gasteiger partial charge < -0.3 is 14.4 Å². The summed E-state index contributed by atoms with van der Waals surface area (Å²) in [6, 6.07) is 24.1. The van der Waals surface area contributed by atoms with Crippen LogP contribution in [0.2, 0.25) is 0 Å². The molecule has 2 aliphatic heterocycles. The lowest BCUT2D eigenvalue weighted by molar-refractivity contribution is 0.0780. The molecule has 0 saturated carbocycles. The van der Waals surface area contributed by atoms with Gasteiger partial charge in [0.2, 0.25) is 6.79 Å². The van der Waals surface area contributed by atoms with E-state index in [1.54, 1.807) is 0 Å². The number of hydrogen-bond donors (Lipinski definition) is 0. The minimum Gasteiger partial charge on any atom is -0.454 e. The SMILES string of the molecule is O=C1c2c(cccc2-c2ccc3c(c2)OCO3)CN1CCc1ccc2ccccc2n1. The van der Waals surface area contributed by atoms with Crippen molar-refractivity contribution in [2.24, 2.45) is 0 Å². The number of aromatic nitrogens is 1. The van der Waals surface area contributed by atoms with E-state index in [1.807, 2.05) is 65.6 Å². The lowest BCUT2D eigenvalue weighted by Crippen LogP contribution is -2.26. The summed E-state index contributed by atoms with van der Waals surface area (Å²) in [5.41, 5.74) is 5.73. The van der Waals surface area contributed by atoms with Gasteiger partial charge in [0.25, 0.3) is 5.91 Å². The van der Waals surface area contributed by atoms with Crippen molar-refractivity contribution in [1.82, 2.24) is 9.88 Å². The second kappa shape index (κ2) is 7.13. The molecule has 5 nitrogen and oxygen atoms in total. The standard InChI is InChI=1S/C26H20N2O3/c29-26-25-19(5-3-6-21(25)18-9-11-23-24(14-18)31-16-30-23)15-28(26)13-12-20-10-8-17-4-1-2-7-22(17)27-20/h1-11,14H,12-13,15-16H2. The Morgan fingerprint density at radius 2 is 1.81 bits per heavy atom. The molecule has 0 unspecified atom stereocenters. The zero-order chi connectivity index (χ0) is 20.8. The van der Waals surface area contributed by atoms with E-state index in [-0.39, 0.29) is 12.7 Å². The van der Waals surface area contributed by atoms with Crippen LogP contribution in [0.25, 0.3) is 22.0 Å². The number of benzene rings is 3. The maximum atomic E-state index is 13.3. The summed E-state index contributed by atoms with van der Waals surface area (Å²) in [5, 5.41) is 1.13. The fourth-order valence-corrected chi connectivity index (χ4v) is 4.40. The summed E-state index contributed by atoms with van der Waals surface area (Å²) in [6.45, 7) is 1.50. The number of pyridine rings is 1. The molecule has 3 heterocycles. The van der Waals surface area contributed by atoms with Crippen molar-refractivity contribution < 1.29 is 14.3 Å². The predicted octanol–water partition coefficient (Wildman–Crippen LogP) is 4.83. The molecule has 31 heavy (non-hydrogen) atoms. The molecule has 5 heteroatoms. The number of ether oxygens (including phenoxy) is 2. The summed E-state index contributed by atoms with van der Waals surface area (Å²) in [5.74, 6) is 1.54. The molecule has 0 aliphatic carbocycles. The summed E-state index contributed by atoms with van der Waals surface area (Å²) < 4.78 is 10.9. The number of fused-ring (bicyclic) bond motifs is 3. The third-order valence-corrected chi connectivity index (χ3v) is 5.99. The largest absolute Gasteiger partial charge is 0.454 e. The van der Waals surface area contributed by atoms with Gasteiger partial charge in [-0.1, -0.05) is 48.5 Å². The van der Waals surface area contributed by atoms with Gasteiger partial charge in [0.1, 0.15) is 0 Å². The normalized spacial score (nSPS) is 14.3. The van der Waals surface area contributed by atoms with Crippen LogP contribution in [0.1, 0.15) is 21.6 Å². The molecule has 0 saturated heterocycles. The lowest BCUT2D eigenvalue weighted by atomic mass is 9.96. The topological polar surface area (TPSA) is 51.7 Å². The lowest BCUT2D eigenvalue weighted by Gasteiger charge is -2.15. The van der Waals surface area contributed by atoms with Gasteiger partial charge in [-0.3, -0.25) is 9.78 Å². The second-order valence-electron chi connectivity index (χ2n) is 7.88. The van der Waals surface area contributed by atoms with Gasteiger partial charge in [-0.15, -0.1) is 0 Å². The second-order valence-corrected chi connectivity index (χ2v) is 7.88. The summed E-state index contributed by atoms with van der Waals surface area (Å²) >= 11 is 0. The first-order valence-electron chi connectivity index (χ1n) is 10.4. The smallest absolute Gasteiger partial charge is 0.255 e. The molecule has 3 aromatic carbocycles. The van der Waals surface area contributed by atoms with Crippen molar-refractivity contribution in [3.8, 4) is 22.6 Å². The highest BCUT2D eigenvalue weighted by molar-refractivity contribution is 6.04. The monoisotopic (exact) mass is 408 g/mol. The number of rotatable bonds is 4. The van der Waals surface area contributed by atoms with Gasteiger partial charge in [-0.05, 0) is 41.0 Å². The predicted molar refractivity (Wildman–Crippen MR) is 118 cm³/mol. The molecule has 152 valence electrons. The van der Waals surface area contributed by atoms with Crippen LogP contribution >= 0.6 is 0 Å². The van der Waals surface area contributed by atoms with E-state index in [1.165, 1.54) is 0 Å². The number of carbonyl (C=O) groups is 1. The Bertz CT molecular complexity index is 1330. The summed E-state index contributed by atoms with van der Waals surface area (Å²) in [7, 11) is 0. The van der Waals surface area contributed by atoms with Crippen LogP contribution in [-0.2, 0) is 13.0 Å². The Labute approximate surface area is 179 Å². The first-order chi connectivity index (χ1) is 15.3.